The highest BCUT2D eigenvalue weighted by atomic mass is 79.9. The Bertz CT molecular complexity index is 362. The lowest BCUT2D eigenvalue weighted by Gasteiger charge is -1.99. The molecule has 68 valence electrons. The van der Waals surface area contributed by atoms with Gasteiger partial charge < -0.3 is 10.3 Å². The standard InChI is InChI=1S/C8H6BrNO3/c9-8(10-13)7(12)5-3-1-2-4-6(5)11/h1-4,11,13H/b10-8-. The molecule has 13 heavy (non-hydrogen) atoms. The van der Waals surface area contributed by atoms with Crippen LogP contribution in [0.3, 0.4) is 0 Å². The average Bonchev–Trinajstić information content (AvgIpc) is 2.16. The van der Waals surface area contributed by atoms with Gasteiger partial charge in [0.05, 0.1) is 5.56 Å². The zero-order chi connectivity index (χ0) is 9.84. The van der Waals surface area contributed by atoms with E-state index in [1.165, 1.54) is 12.1 Å². The maximum Gasteiger partial charge on any atom is 0.225 e. The molecule has 0 saturated heterocycles. The SMILES string of the molecule is O=C(/C(Br)=N/O)c1ccccc1O. The number of halogens is 1. The van der Waals surface area contributed by atoms with Gasteiger partial charge in [0.25, 0.3) is 0 Å². The third-order valence-corrected chi connectivity index (χ3v) is 1.94. The molecular formula is C8H6BrNO3. The molecule has 0 aromatic heterocycles. The van der Waals surface area contributed by atoms with E-state index in [-0.39, 0.29) is 15.9 Å². The molecule has 0 saturated carbocycles. The molecule has 0 aliphatic carbocycles. The molecule has 1 aromatic carbocycles. The molecule has 4 nitrogen and oxygen atoms in total. The van der Waals surface area contributed by atoms with Crippen LogP contribution in [0.2, 0.25) is 0 Å². The summed E-state index contributed by atoms with van der Waals surface area (Å²) in [6.45, 7) is 0. The van der Waals surface area contributed by atoms with Gasteiger partial charge in [0, 0.05) is 0 Å². The van der Waals surface area contributed by atoms with E-state index in [0.29, 0.717) is 0 Å². The number of aromatic hydroxyl groups is 1. The Labute approximate surface area is 82.6 Å². The molecule has 0 bridgehead atoms. The van der Waals surface area contributed by atoms with Gasteiger partial charge in [-0.1, -0.05) is 17.3 Å². The van der Waals surface area contributed by atoms with Crippen LogP contribution < -0.4 is 0 Å². The van der Waals surface area contributed by atoms with Crippen LogP contribution in [0, 0.1) is 0 Å². The van der Waals surface area contributed by atoms with Crippen LogP contribution in [0.25, 0.3) is 0 Å². The first-order chi connectivity index (χ1) is 6.16. The lowest BCUT2D eigenvalue weighted by molar-refractivity contribution is 0.106. The Balaban J connectivity index is 3.10. The number of phenolic OH excluding ortho intramolecular Hbond substituents is 1. The number of ketones is 1. The highest BCUT2D eigenvalue weighted by molar-refractivity contribution is 9.19. The third-order valence-electron chi connectivity index (χ3n) is 1.42. The van der Waals surface area contributed by atoms with E-state index in [1.54, 1.807) is 12.1 Å². The Kier molecular flexibility index (Phi) is 3.02. The number of phenols is 1. The van der Waals surface area contributed by atoms with Crippen molar-refractivity contribution in [1.82, 2.24) is 0 Å². The average molecular weight is 244 g/mol. The summed E-state index contributed by atoms with van der Waals surface area (Å²) >= 11 is 2.75. The van der Waals surface area contributed by atoms with Crippen molar-refractivity contribution in [3.63, 3.8) is 0 Å². The van der Waals surface area contributed by atoms with Crippen molar-refractivity contribution in [3.8, 4) is 5.75 Å². The van der Waals surface area contributed by atoms with Crippen molar-refractivity contribution in [3.05, 3.63) is 29.8 Å². The molecule has 0 radical (unpaired) electrons. The number of nitrogens with zero attached hydrogens (tertiary/aromatic N) is 1. The van der Waals surface area contributed by atoms with Gasteiger partial charge in [-0.25, -0.2) is 0 Å². The zero-order valence-electron chi connectivity index (χ0n) is 6.44. The van der Waals surface area contributed by atoms with Crippen LogP contribution >= 0.6 is 15.9 Å². The molecule has 0 atom stereocenters. The summed E-state index contributed by atoms with van der Waals surface area (Å²) in [6, 6.07) is 6.01. The first-order valence-corrected chi connectivity index (χ1v) is 4.16. The van der Waals surface area contributed by atoms with Gasteiger partial charge in [-0.15, -0.1) is 0 Å². The number of benzene rings is 1. The highest BCUT2D eigenvalue weighted by Gasteiger charge is 2.14. The molecule has 0 spiro atoms. The second-order valence-corrected chi connectivity index (χ2v) is 2.99. The van der Waals surface area contributed by atoms with Gasteiger partial charge in [0.1, 0.15) is 5.75 Å². The zero-order valence-corrected chi connectivity index (χ0v) is 8.02. The lowest BCUT2D eigenvalue weighted by Crippen LogP contribution is -2.07. The van der Waals surface area contributed by atoms with Crippen LogP contribution in [0.4, 0.5) is 0 Å². The van der Waals surface area contributed by atoms with Gasteiger partial charge in [-0.05, 0) is 28.1 Å². The van der Waals surface area contributed by atoms with E-state index in [2.05, 4.69) is 21.1 Å². The first-order valence-electron chi connectivity index (χ1n) is 3.37. The molecule has 2 N–H and O–H groups in total. The lowest BCUT2D eigenvalue weighted by atomic mass is 10.1. The van der Waals surface area contributed by atoms with Crippen LogP contribution in [-0.4, -0.2) is 20.7 Å². The van der Waals surface area contributed by atoms with Crippen molar-refractivity contribution in [2.45, 2.75) is 0 Å². The van der Waals surface area contributed by atoms with E-state index in [1.807, 2.05) is 0 Å². The molecule has 1 aromatic rings. The number of hydrogen-bond acceptors (Lipinski definition) is 4. The molecular weight excluding hydrogens is 238 g/mol. The molecule has 1 rings (SSSR count). The minimum Gasteiger partial charge on any atom is -0.507 e. The van der Waals surface area contributed by atoms with Crippen molar-refractivity contribution in [1.29, 1.82) is 0 Å². The van der Waals surface area contributed by atoms with Gasteiger partial charge in [-0.3, -0.25) is 4.79 Å². The number of para-hydroxylation sites is 1. The quantitative estimate of drug-likeness (QED) is 0.360. The Hall–Kier alpha value is -1.36. The van der Waals surface area contributed by atoms with Crippen LogP contribution in [0.15, 0.2) is 29.4 Å². The predicted molar refractivity (Wildman–Crippen MR) is 50.6 cm³/mol. The van der Waals surface area contributed by atoms with Crippen LogP contribution in [-0.2, 0) is 0 Å². The van der Waals surface area contributed by atoms with E-state index >= 15 is 0 Å². The van der Waals surface area contributed by atoms with E-state index in [0.717, 1.165) is 0 Å². The fraction of sp³-hybridized carbons (Fsp3) is 0. The Morgan fingerprint density at radius 1 is 1.38 bits per heavy atom. The maximum absolute atomic E-state index is 11.3. The number of carbonyl (C=O) groups excluding carboxylic acids is 1. The number of rotatable bonds is 2. The molecule has 0 heterocycles. The van der Waals surface area contributed by atoms with Gasteiger partial charge in [0.2, 0.25) is 5.78 Å². The van der Waals surface area contributed by atoms with E-state index < -0.39 is 5.78 Å². The second kappa shape index (κ2) is 4.04. The molecule has 0 unspecified atom stereocenters. The number of hydrogen-bond donors (Lipinski definition) is 2. The topological polar surface area (TPSA) is 69.9 Å². The molecule has 0 fully saturated rings. The van der Waals surface area contributed by atoms with Gasteiger partial charge in [-0.2, -0.15) is 0 Å². The normalized spacial score (nSPS) is 11.3. The maximum atomic E-state index is 11.3. The summed E-state index contributed by atoms with van der Waals surface area (Å²) in [5, 5.41) is 20.2. The van der Waals surface area contributed by atoms with Gasteiger partial charge in [0.15, 0.2) is 4.62 Å². The van der Waals surface area contributed by atoms with Crippen molar-refractivity contribution in [2.24, 2.45) is 5.16 Å². The van der Waals surface area contributed by atoms with Crippen molar-refractivity contribution in [2.75, 3.05) is 0 Å². The smallest absolute Gasteiger partial charge is 0.225 e. The number of Topliss-reactive ketones (excluding diaryl/α,β-unsaturated/α-hetero) is 1. The summed E-state index contributed by atoms with van der Waals surface area (Å²) in [6.07, 6.45) is 0. The minimum absolute atomic E-state index is 0.0900. The molecule has 0 amide bonds. The Morgan fingerprint density at radius 3 is 2.54 bits per heavy atom. The number of oxime groups is 1. The van der Waals surface area contributed by atoms with Crippen LogP contribution in [0.5, 0.6) is 5.75 Å². The third kappa shape index (κ3) is 2.06. The molecule has 0 aliphatic rings. The summed E-state index contributed by atoms with van der Waals surface area (Å²) in [5.41, 5.74) is 0.0900. The van der Waals surface area contributed by atoms with E-state index in [4.69, 9.17) is 5.21 Å². The summed E-state index contributed by atoms with van der Waals surface area (Å²) in [4.78, 5) is 11.3. The first kappa shape index (κ1) is 9.73. The number of carbonyl (C=O) groups is 1. The van der Waals surface area contributed by atoms with Crippen molar-refractivity contribution < 1.29 is 15.1 Å². The van der Waals surface area contributed by atoms with E-state index in [9.17, 15) is 9.90 Å². The fourth-order valence-corrected chi connectivity index (χ4v) is 1.04. The highest BCUT2D eigenvalue weighted by Crippen LogP contribution is 2.17. The monoisotopic (exact) mass is 243 g/mol. The summed E-state index contributed by atoms with van der Waals surface area (Å²) in [7, 11) is 0. The largest absolute Gasteiger partial charge is 0.507 e. The van der Waals surface area contributed by atoms with Crippen LogP contribution in [0.1, 0.15) is 10.4 Å². The predicted octanol–water partition coefficient (Wildman–Crippen LogP) is 1.76. The summed E-state index contributed by atoms with van der Waals surface area (Å²) < 4.78 is -0.242. The summed E-state index contributed by atoms with van der Waals surface area (Å²) in [5.74, 6) is -0.714. The van der Waals surface area contributed by atoms with Crippen molar-refractivity contribution >= 4 is 26.3 Å². The fourth-order valence-electron chi connectivity index (χ4n) is 0.822. The minimum atomic E-state index is -0.569. The Morgan fingerprint density at radius 2 is 2.00 bits per heavy atom. The molecule has 5 heteroatoms. The second-order valence-electron chi connectivity index (χ2n) is 2.24. The molecule has 0 aliphatic heterocycles. The van der Waals surface area contributed by atoms with Gasteiger partial charge >= 0.3 is 0 Å².